The maximum atomic E-state index is 4.25. The molecular weight excluding hydrogens is 294 g/mol. The molecule has 0 bridgehead atoms. The summed E-state index contributed by atoms with van der Waals surface area (Å²) < 4.78 is 0. The molecule has 2 fully saturated rings. The van der Waals surface area contributed by atoms with Crippen molar-refractivity contribution in [2.45, 2.75) is 25.8 Å². The van der Waals surface area contributed by atoms with Gasteiger partial charge in [-0.3, -0.25) is 9.88 Å². The van der Waals surface area contributed by atoms with Crippen molar-refractivity contribution >= 4 is 16.5 Å². The number of rotatable bonds is 3. The van der Waals surface area contributed by atoms with Gasteiger partial charge in [0.05, 0.1) is 0 Å². The summed E-state index contributed by atoms with van der Waals surface area (Å²) in [5.74, 6) is 0. The molecule has 5 nitrogen and oxygen atoms in total. The highest BCUT2D eigenvalue weighted by Gasteiger charge is 2.41. The van der Waals surface area contributed by atoms with Gasteiger partial charge >= 0.3 is 0 Å². The zero-order valence-electron chi connectivity index (χ0n) is 12.7. The number of nitrogens with zero attached hydrogens (tertiary/aromatic N) is 5. The molecule has 2 aromatic rings. The molecule has 2 aliphatic rings. The van der Waals surface area contributed by atoms with Gasteiger partial charge in [-0.05, 0) is 37.4 Å². The number of likely N-dealkylation sites (tertiary alicyclic amines) is 1. The van der Waals surface area contributed by atoms with Crippen LogP contribution in [0.5, 0.6) is 0 Å². The molecule has 1 atom stereocenters. The minimum atomic E-state index is 0.437. The van der Waals surface area contributed by atoms with Crippen molar-refractivity contribution in [3.05, 3.63) is 35.6 Å². The summed E-state index contributed by atoms with van der Waals surface area (Å²) >= 11 is 1.66. The first-order valence-electron chi connectivity index (χ1n) is 7.95. The summed E-state index contributed by atoms with van der Waals surface area (Å²) in [6.45, 7) is 5.66. The monoisotopic (exact) mass is 315 g/mol. The first kappa shape index (κ1) is 14.1. The highest BCUT2D eigenvalue weighted by atomic mass is 32.1. The van der Waals surface area contributed by atoms with Gasteiger partial charge in [0.2, 0.25) is 5.13 Å². The van der Waals surface area contributed by atoms with E-state index >= 15 is 0 Å². The third kappa shape index (κ3) is 2.85. The molecule has 0 aromatic carbocycles. The van der Waals surface area contributed by atoms with Crippen LogP contribution in [0.3, 0.4) is 0 Å². The van der Waals surface area contributed by atoms with E-state index in [0.29, 0.717) is 5.41 Å². The molecule has 0 amide bonds. The van der Waals surface area contributed by atoms with Crippen molar-refractivity contribution in [3.63, 3.8) is 0 Å². The minimum Gasteiger partial charge on any atom is -0.346 e. The summed E-state index contributed by atoms with van der Waals surface area (Å²) in [4.78, 5) is 9.25. The van der Waals surface area contributed by atoms with Crippen molar-refractivity contribution in [1.29, 1.82) is 0 Å². The second-order valence-corrected chi connectivity index (χ2v) is 7.38. The van der Waals surface area contributed by atoms with Crippen molar-refractivity contribution in [2.24, 2.45) is 5.41 Å². The molecule has 1 spiro atoms. The first-order valence-corrected chi connectivity index (χ1v) is 8.83. The molecule has 2 saturated heterocycles. The van der Waals surface area contributed by atoms with Crippen LogP contribution >= 0.6 is 11.3 Å². The Morgan fingerprint density at radius 3 is 3.05 bits per heavy atom. The Morgan fingerprint density at radius 1 is 1.23 bits per heavy atom. The van der Waals surface area contributed by atoms with Gasteiger partial charge in [-0.25, -0.2) is 0 Å². The van der Waals surface area contributed by atoms with Crippen LogP contribution in [0.2, 0.25) is 0 Å². The van der Waals surface area contributed by atoms with Gasteiger partial charge in [0.15, 0.2) is 0 Å². The summed E-state index contributed by atoms with van der Waals surface area (Å²) in [6, 6.07) is 4.20. The van der Waals surface area contributed by atoms with E-state index in [1.807, 2.05) is 24.0 Å². The SMILES string of the molecule is c1cncc(CN2CCC3(CCCN(c4nncs4)C3)C2)c1. The van der Waals surface area contributed by atoms with E-state index in [-0.39, 0.29) is 0 Å². The fourth-order valence-electron chi connectivity index (χ4n) is 3.92. The summed E-state index contributed by atoms with van der Waals surface area (Å²) in [7, 11) is 0. The number of piperidine rings is 1. The number of aromatic nitrogens is 3. The van der Waals surface area contributed by atoms with Crippen LogP contribution < -0.4 is 4.90 Å². The van der Waals surface area contributed by atoms with Crippen LogP contribution in [0.15, 0.2) is 30.0 Å². The lowest BCUT2D eigenvalue weighted by Gasteiger charge is -2.40. The van der Waals surface area contributed by atoms with Crippen LogP contribution in [-0.4, -0.2) is 46.3 Å². The Balaban J connectivity index is 1.42. The topological polar surface area (TPSA) is 45.2 Å². The molecule has 116 valence electrons. The number of hydrogen-bond acceptors (Lipinski definition) is 6. The van der Waals surface area contributed by atoms with Crippen molar-refractivity contribution in [1.82, 2.24) is 20.1 Å². The lowest BCUT2D eigenvalue weighted by Crippen LogP contribution is -2.44. The molecule has 0 aliphatic carbocycles. The zero-order valence-corrected chi connectivity index (χ0v) is 13.5. The van der Waals surface area contributed by atoms with Crippen LogP contribution in [0.25, 0.3) is 0 Å². The highest BCUT2D eigenvalue weighted by Crippen LogP contribution is 2.40. The molecule has 4 rings (SSSR count). The lowest BCUT2D eigenvalue weighted by molar-refractivity contribution is 0.216. The summed E-state index contributed by atoms with van der Waals surface area (Å²) in [6.07, 6.45) is 7.73. The second-order valence-electron chi connectivity index (χ2n) is 6.57. The molecule has 2 aliphatic heterocycles. The average molecular weight is 315 g/mol. The number of pyridine rings is 1. The van der Waals surface area contributed by atoms with Gasteiger partial charge in [-0.1, -0.05) is 17.4 Å². The van der Waals surface area contributed by atoms with E-state index in [1.165, 1.54) is 37.9 Å². The van der Waals surface area contributed by atoms with Gasteiger partial charge in [0.1, 0.15) is 5.51 Å². The molecule has 6 heteroatoms. The largest absolute Gasteiger partial charge is 0.346 e. The maximum absolute atomic E-state index is 4.25. The van der Waals surface area contributed by atoms with E-state index < -0.39 is 0 Å². The normalized spacial score (nSPS) is 25.9. The molecule has 1 unspecified atom stereocenters. The lowest BCUT2D eigenvalue weighted by atomic mass is 9.79. The number of hydrogen-bond donors (Lipinski definition) is 0. The summed E-state index contributed by atoms with van der Waals surface area (Å²) in [5, 5.41) is 9.33. The Kier molecular flexibility index (Phi) is 3.80. The molecule has 2 aromatic heterocycles. The fourth-order valence-corrected chi connectivity index (χ4v) is 4.51. The van der Waals surface area contributed by atoms with E-state index in [9.17, 15) is 0 Å². The Morgan fingerprint density at radius 2 is 2.23 bits per heavy atom. The Labute approximate surface area is 135 Å². The van der Waals surface area contributed by atoms with Gasteiger partial charge in [-0.15, -0.1) is 10.2 Å². The van der Waals surface area contributed by atoms with E-state index in [2.05, 4.69) is 31.0 Å². The molecular formula is C16H21N5S. The standard InChI is InChI=1S/C16H21N5S/c1-3-14(9-17-6-1)10-20-8-5-16(11-20)4-2-7-21(12-16)15-19-18-13-22-15/h1,3,6,9,13H,2,4-5,7-8,10-12H2. The Bertz CT molecular complexity index is 602. The third-order valence-electron chi connectivity index (χ3n) is 4.93. The second kappa shape index (κ2) is 5.93. The van der Waals surface area contributed by atoms with Gasteiger partial charge in [0, 0.05) is 44.0 Å². The van der Waals surface area contributed by atoms with E-state index in [0.717, 1.165) is 24.8 Å². The van der Waals surface area contributed by atoms with Gasteiger partial charge < -0.3 is 4.90 Å². The molecule has 0 saturated carbocycles. The fraction of sp³-hybridized carbons (Fsp3) is 0.562. The third-order valence-corrected chi connectivity index (χ3v) is 5.68. The molecule has 0 radical (unpaired) electrons. The van der Waals surface area contributed by atoms with Gasteiger partial charge in [0.25, 0.3) is 0 Å². The molecule has 0 N–H and O–H groups in total. The predicted molar refractivity (Wildman–Crippen MR) is 87.9 cm³/mol. The average Bonchev–Trinajstić information content (AvgIpc) is 3.20. The first-order chi connectivity index (χ1) is 10.8. The summed E-state index contributed by atoms with van der Waals surface area (Å²) in [5.41, 5.74) is 3.59. The van der Waals surface area contributed by atoms with Crippen LogP contribution in [0.4, 0.5) is 5.13 Å². The van der Waals surface area contributed by atoms with Crippen LogP contribution in [0, 0.1) is 5.41 Å². The molecule has 4 heterocycles. The minimum absolute atomic E-state index is 0.437. The molecule has 22 heavy (non-hydrogen) atoms. The Hall–Kier alpha value is -1.53. The van der Waals surface area contributed by atoms with Gasteiger partial charge in [-0.2, -0.15) is 0 Å². The van der Waals surface area contributed by atoms with Crippen molar-refractivity contribution in [3.8, 4) is 0 Å². The highest BCUT2D eigenvalue weighted by molar-refractivity contribution is 7.13. The quantitative estimate of drug-likeness (QED) is 0.870. The van der Waals surface area contributed by atoms with Crippen molar-refractivity contribution in [2.75, 3.05) is 31.1 Å². The predicted octanol–water partition coefficient (Wildman–Crippen LogP) is 2.43. The number of anilines is 1. The zero-order chi connectivity index (χ0) is 14.8. The van der Waals surface area contributed by atoms with E-state index in [1.54, 1.807) is 11.3 Å². The van der Waals surface area contributed by atoms with E-state index in [4.69, 9.17) is 0 Å². The maximum Gasteiger partial charge on any atom is 0.208 e. The van der Waals surface area contributed by atoms with Crippen LogP contribution in [0.1, 0.15) is 24.8 Å². The smallest absolute Gasteiger partial charge is 0.208 e. The van der Waals surface area contributed by atoms with Crippen molar-refractivity contribution < 1.29 is 0 Å². The van der Waals surface area contributed by atoms with Crippen LogP contribution in [-0.2, 0) is 6.54 Å².